The number of anilines is 1. The Kier molecular flexibility index (Phi) is 4.24. The fourth-order valence-electron chi connectivity index (χ4n) is 1.89. The molecule has 0 aromatic heterocycles. The minimum Gasteiger partial charge on any atom is -0.382 e. The predicted octanol–water partition coefficient (Wildman–Crippen LogP) is 1.02. The van der Waals surface area contributed by atoms with Crippen LogP contribution in [0.1, 0.15) is 10.4 Å². The van der Waals surface area contributed by atoms with E-state index in [2.05, 4.69) is 0 Å². The number of Topliss-reactive ketones (excluding diaryl/α,β-unsaturated/α-hetero) is 1. The molecule has 1 aliphatic rings. The monoisotopic (exact) mass is 267 g/mol. The Morgan fingerprint density at radius 2 is 2.00 bits per heavy atom. The third-order valence-corrected chi connectivity index (χ3v) is 2.82. The summed E-state index contributed by atoms with van der Waals surface area (Å²) in [6, 6.07) is 3.74. The van der Waals surface area contributed by atoms with Crippen LogP contribution in [0.15, 0.2) is 18.2 Å². The van der Waals surface area contributed by atoms with E-state index in [4.69, 9.17) is 9.47 Å². The molecule has 1 aromatic carbocycles. The predicted molar refractivity (Wildman–Crippen MR) is 65.8 cm³/mol. The van der Waals surface area contributed by atoms with Gasteiger partial charge in [0.05, 0.1) is 31.1 Å². The number of methoxy groups -OCH3 is 1. The molecule has 0 saturated heterocycles. The zero-order chi connectivity index (χ0) is 13.8. The number of ether oxygens (including phenoxy) is 2. The Labute approximate surface area is 109 Å². The van der Waals surface area contributed by atoms with Gasteiger partial charge in [0, 0.05) is 13.7 Å². The summed E-state index contributed by atoms with van der Waals surface area (Å²) in [5, 5.41) is 0. The average molecular weight is 267 g/mol. The SMILES string of the molecule is COCCOCCN1C(=O)C(=O)c2cc(F)ccc21. The Morgan fingerprint density at radius 1 is 1.21 bits per heavy atom. The highest BCUT2D eigenvalue weighted by Crippen LogP contribution is 2.29. The molecule has 0 aliphatic carbocycles. The average Bonchev–Trinajstić information content (AvgIpc) is 2.63. The molecule has 1 aliphatic heterocycles. The zero-order valence-corrected chi connectivity index (χ0v) is 10.5. The topological polar surface area (TPSA) is 55.8 Å². The van der Waals surface area contributed by atoms with Crippen molar-refractivity contribution in [3.05, 3.63) is 29.6 Å². The van der Waals surface area contributed by atoms with Crippen molar-refractivity contribution in [1.29, 1.82) is 0 Å². The summed E-state index contributed by atoms with van der Waals surface area (Å²) in [6.07, 6.45) is 0. The van der Waals surface area contributed by atoms with E-state index in [1.807, 2.05) is 0 Å². The highest BCUT2D eigenvalue weighted by molar-refractivity contribution is 6.52. The Hall–Kier alpha value is -1.79. The molecule has 1 amide bonds. The van der Waals surface area contributed by atoms with E-state index >= 15 is 0 Å². The molecule has 0 fully saturated rings. The molecule has 0 N–H and O–H groups in total. The maximum Gasteiger partial charge on any atom is 0.299 e. The fourth-order valence-corrected chi connectivity index (χ4v) is 1.89. The van der Waals surface area contributed by atoms with Crippen molar-refractivity contribution in [1.82, 2.24) is 0 Å². The molecule has 5 nitrogen and oxygen atoms in total. The normalized spacial score (nSPS) is 14.1. The van der Waals surface area contributed by atoms with Gasteiger partial charge in [-0.3, -0.25) is 9.59 Å². The van der Waals surface area contributed by atoms with Crippen molar-refractivity contribution in [2.75, 3.05) is 38.4 Å². The maximum atomic E-state index is 13.1. The standard InChI is InChI=1S/C13H14FNO4/c1-18-6-7-19-5-4-15-11-3-2-9(14)8-10(11)12(16)13(15)17/h2-3,8H,4-7H2,1H3. The summed E-state index contributed by atoms with van der Waals surface area (Å²) in [4.78, 5) is 24.8. The summed E-state index contributed by atoms with van der Waals surface area (Å²) in [5.74, 6) is -1.85. The highest BCUT2D eigenvalue weighted by Gasteiger charge is 2.35. The number of amides is 1. The van der Waals surface area contributed by atoms with E-state index < -0.39 is 17.5 Å². The molecule has 2 rings (SSSR count). The van der Waals surface area contributed by atoms with Crippen molar-refractivity contribution in [2.24, 2.45) is 0 Å². The lowest BCUT2D eigenvalue weighted by Gasteiger charge is -2.16. The molecule has 6 heteroatoms. The lowest BCUT2D eigenvalue weighted by molar-refractivity contribution is -0.114. The van der Waals surface area contributed by atoms with Gasteiger partial charge in [0.2, 0.25) is 0 Å². The Morgan fingerprint density at radius 3 is 2.74 bits per heavy atom. The number of nitrogens with zero attached hydrogens (tertiary/aromatic N) is 1. The number of ketones is 1. The van der Waals surface area contributed by atoms with Crippen LogP contribution >= 0.6 is 0 Å². The van der Waals surface area contributed by atoms with Crippen LogP contribution in [0.4, 0.5) is 10.1 Å². The fraction of sp³-hybridized carbons (Fsp3) is 0.385. The van der Waals surface area contributed by atoms with Gasteiger partial charge in [0.25, 0.3) is 11.7 Å². The molecule has 1 heterocycles. The number of benzene rings is 1. The van der Waals surface area contributed by atoms with Crippen LogP contribution in [-0.2, 0) is 14.3 Å². The number of fused-ring (bicyclic) bond motifs is 1. The molecule has 0 bridgehead atoms. The first-order chi connectivity index (χ1) is 9.15. The highest BCUT2D eigenvalue weighted by atomic mass is 19.1. The van der Waals surface area contributed by atoms with Gasteiger partial charge in [-0.25, -0.2) is 4.39 Å². The van der Waals surface area contributed by atoms with Crippen LogP contribution in [-0.4, -0.2) is 45.2 Å². The molecular formula is C13H14FNO4. The summed E-state index contributed by atoms with van der Waals surface area (Å²) in [5.41, 5.74) is 0.550. The largest absolute Gasteiger partial charge is 0.382 e. The third kappa shape index (κ3) is 2.80. The van der Waals surface area contributed by atoms with Crippen LogP contribution in [0.25, 0.3) is 0 Å². The van der Waals surface area contributed by atoms with Gasteiger partial charge < -0.3 is 14.4 Å². The van der Waals surface area contributed by atoms with Gasteiger partial charge in [0.15, 0.2) is 0 Å². The number of hydrogen-bond donors (Lipinski definition) is 0. The smallest absolute Gasteiger partial charge is 0.299 e. The van der Waals surface area contributed by atoms with Crippen LogP contribution in [0.2, 0.25) is 0 Å². The van der Waals surface area contributed by atoms with Gasteiger partial charge >= 0.3 is 0 Å². The van der Waals surface area contributed by atoms with Gasteiger partial charge in [-0.15, -0.1) is 0 Å². The minimum absolute atomic E-state index is 0.113. The lowest BCUT2D eigenvalue weighted by Crippen LogP contribution is -2.33. The van der Waals surface area contributed by atoms with E-state index in [0.717, 1.165) is 6.07 Å². The number of rotatable bonds is 6. The first kappa shape index (κ1) is 13.6. The van der Waals surface area contributed by atoms with Crippen LogP contribution in [0.5, 0.6) is 0 Å². The van der Waals surface area contributed by atoms with Crippen LogP contribution in [0.3, 0.4) is 0 Å². The van der Waals surface area contributed by atoms with Crippen LogP contribution in [0, 0.1) is 5.82 Å². The number of hydrogen-bond acceptors (Lipinski definition) is 4. The quantitative estimate of drug-likeness (QED) is 0.570. The van der Waals surface area contributed by atoms with E-state index in [1.54, 1.807) is 7.11 Å². The first-order valence-corrected chi connectivity index (χ1v) is 5.87. The van der Waals surface area contributed by atoms with Gasteiger partial charge in [-0.1, -0.05) is 0 Å². The summed E-state index contributed by atoms with van der Waals surface area (Å²) in [6.45, 7) is 1.43. The summed E-state index contributed by atoms with van der Waals surface area (Å²) in [7, 11) is 1.57. The van der Waals surface area contributed by atoms with Crippen molar-refractivity contribution < 1.29 is 23.5 Å². The molecule has 0 spiro atoms. The van der Waals surface area contributed by atoms with Gasteiger partial charge in [0.1, 0.15) is 5.82 Å². The van der Waals surface area contributed by atoms with E-state index in [9.17, 15) is 14.0 Å². The first-order valence-electron chi connectivity index (χ1n) is 5.87. The molecule has 0 unspecified atom stereocenters. The summed E-state index contributed by atoms with van der Waals surface area (Å²) < 4.78 is 23.1. The van der Waals surface area contributed by atoms with E-state index in [0.29, 0.717) is 25.5 Å². The summed E-state index contributed by atoms with van der Waals surface area (Å²) >= 11 is 0. The number of halogens is 1. The number of carbonyl (C=O) groups excluding carboxylic acids is 2. The van der Waals surface area contributed by atoms with Crippen LogP contribution < -0.4 is 4.90 Å². The molecule has 0 radical (unpaired) electrons. The molecule has 19 heavy (non-hydrogen) atoms. The Balaban J connectivity index is 2.02. The van der Waals surface area contributed by atoms with Crippen molar-refractivity contribution in [2.45, 2.75) is 0 Å². The molecule has 0 saturated carbocycles. The molecule has 0 atom stereocenters. The van der Waals surface area contributed by atoms with Crippen molar-refractivity contribution >= 4 is 17.4 Å². The third-order valence-electron chi connectivity index (χ3n) is 2.82. The molecule has 1 aromatic rings. The minimum atomic E-state index is -0.675. The second-order valence-corrected chi connectivity index (χ2v) is 4.05. The van der Waals surface area contributed by atoms with Gasteiger partial charge in [-0.05, 0) is 18.2 Å². The second-order valence-electron chi connectivity index (χ2n) is 4.05. The molecule has 102 valence electrons. The second kappa shape index (κ2) is 5.90. The van der Waals surface area contributed by atoms with E-state index in [1.165, 1.54) is 17.0 Å². The number of carbonyl (C=O) groups is 2. The zero-order valence-electron chi connectivity index (χ0n) is 10.5. The van der Waals surface area contributed by atoms with E-state index in [-0.39, 0.29) is 12.1 Å². The molecular weight excluding hydrogens is 253 g/mol. The maximum absolute atomic E-state index is 13.1. The van der Waals surface area contributed by atoms with Crippen molar-refractivity contribution in [3.8, 4) is 0 Å². The lowest BCUT2D eigenvalue weighted by atomic mass is 10.1. The van der Waals surface area contributed by atoms with Crippen molar-refractivity contribution in [3.63, 3.8) is 0 Å². The Bertz CT molecular complexity index is 503. The van der Waals surface area contributed by atoms with Gasteiger partial charge in [-0.2, -0.15) is 0 Å².